The lowest BCUT2D eigenvalue weighted by atomic mass is 10.0. The number of nitrogens with one attached hydrogen (secondary N) is 2. The van der Waals surface area contributed by atoms with E-state index in [9.17, 15) is 4.79 Å². The first-order valence-corrected chi connectivity index (χ1v) is 7.56. The van der Waals surface area contributed by atoms with E-state index in [1.54, 1.807) is 0 Å². The molecule has 5 nitrogen and oxygen atoms in total. The van der Waals surface area contributed by atoms with Crippen LogP contribution in [0.5, 0.6) is 0 Å². The van der Waals surface area contributed by atoms with Gasteiger partial charge in [0.15, 0.2) is 0 Å². The van der Waals surface area contributed by atoms with Crippen LogP contribution in [-0.2, 0) is 4.79 Å². The predicted molar refractivity (Wildman–Crippen MR) is 91.7 cm³/mol. The van der Waals surface area contributed by atoms with Gasteiger partial charge >= 0.3 is 0 Å². The Labute approximate surface area is 141 Å². The first kappa shape index (κ1) is 20.9. The molecule has 2 saturated heterocycles. The number of hydrogen-bond acceptors (Lipinski definition) is 4. The Morgan fingerprint density at radius 1 is 1.24 bits per heavy atom. The number of piperidine rings is 1. The molecule has 0 spiro atoms. The topological polar surface area (TPSA) is 47.6 Å². The van der Waals surface area contributed by atoms with Crippen LogP contribution in [0.1, 0.15) is 25.7 Å². The number of likely N-dealkylation sites (tertiary alicyclic amines) is 1. The highest BCUT2D eigenvalue weighted by molar-refractivity contribution is 5.85. The second-order valence-corrected chi connectivity index (χ2v) is 5.98. The zero-order valence-corrected chi connectivity index (χ0v) is 14.8. The van der Waals surface area contributed by atoms with Gasteiger partial charge in [-0.25, -0.2) is 0 Å². The highest BCUT2D eigenvalue weighted by atomic mass is 35.5. The van der Waals surface area contributed by atoms with E-state index in [1.807, 2.05) is 0 Å². The highest BCUT2D eigenvalue weighted by Crippen LogP contribution is 2.13. The summed E-state index contributed by atoms with van der Waals surface area (Å²) < 4.78 is 0. The number of amides is 1. The fourth-order valence-electron chi connectivity index (χ4n) is 3.03. The Kier molecular flexibility index (Phi) is 10.6. The van der Waals surface area contributed by atoms with Crippen molar-refractivity contribution in [3.05, 3.63) is 0 Å². The first-order chi connectivity index (χ1) is 9.16. The zero-order valence-electron chi connectivity index (χ0n) is 13.1. The smallest absolute Gasteiger partial charge is 0.237 e. The molecule has 21 heavy (non-hydrogen) atoms. The molecule has 2 aliphatic rings. The van der Waals surface area contributed by atoms with Crippen molar-refractivity contribution in [2.45, 2.75) is 37.8 Å². The molecule has 0 saturated carbocycles. The van der Waals surface area contributed by atoms with Gasteiger partial charge in [0.05, 0.1) is 6.04 Å². The highest BCUT2D eigenvalue weighted by Gasteiger charge is 2.23. The van der Waals surface area contributed by atoms with Gasteiger partial charge in [-0.1, -0.05) is 0 Å². The van der Waals surface area contributed by atoms with Crippen LogP contribution in [0, 0.1) is 0 Å². The Morgan fingerprint density at radius 2 is 1.90 bits per heavy atom. The summed E-state index contributed by atoms with van der Waals surface area (Å²) >= 11 is 0. The molecule has 2 fully saturated rings. The fourth-order valence-corrected chi connectivity index (χ4v) is 3.03. The maximum Gasteiger partial charge on any atom is 0.237 e. The molecule has 2 heterocycles. The zero-order chi connectivity index (χ0) is 13.7. The minimum atomic E-state index is 0. The second-order valence-electron chi connectivity index (χ2n) is 5.98. The van der Waals surface area contributed by atoms with Crippen molar-refractivity contribution < 1.29 is 4.79 Å². The van der Waals surface area contributed by atoms with Crippen LogP contribution in [0.2, 0.25) is 0 Å². The standard InChI is InChI=1S/C14H28N4O.2ClH/c1-17(2)12-5-9-18(10-6-12)11-8-16-14(19)13-4-3-7-15-13;;/h12-13,15H,3-11H2,1-2H3,(H,16,19);2*1H/t13-;;/m0../s1. The van der Waals surface area contributed by atoms with Gasteiger partial charge in [-0.15, -0.1) is 24.8 Å². The molecule has 0 radical (unpaired) electrons. The van der Waals surface area contributed by atoms with Crippen LogP contribution < -0.4 is 10.6 Å². The fraction of sp³-hybridized carbons (Fsp3) is 0.929. The number of carbonyl (C=O) groups excluding carboxylic acids is 1. The molecule has 0 aromatic carbocycles. The summed E-state index contributed by atoms with van der Waals surface area (Å²) in [6, 6.07) is 0.785. The van der Waals surface area contributed by atoms with Crippen molar-refractivity contribution in [1.82, 2.24) is 20.4 Å². The summed E-state index contributed by atoms with van der Waals surface area (Å²) in [7, 11) is 4.32. The molecule has 126 valence electrons. The third-order valence-corrected chi connectivity index (χ3v) is 4.39. The number of nitrogens with zero attached hydrogens (tertiary/aromatic N) is 2. The number of carbonyl (C=O) groups is 1. The van der Waals surface area contributed by atoms with Gasteiger partial charge in [-0.05, 0) is 59.4 Å². The van der Waals surface area contributed by atoms with Crippen LogP contribution >= 0.6 is 24.8 Å². The van der Waals surface area contributed by atoms with E-state index in [1.165, 1.54) is 12.8 Å². The summed E-state index contributed by atoms with van der Waals surface area (Å²) in [6.07, 6.45) is 4.59. The summed E-state index contributed by atoms with van der Waals surface area (Å²) in [5, 5.41) is 6.28. The minimum absolute atomic E-state index is 0. The van der Waals surface area contributed by atoms with Gasteiger partial charge in [0.1, 0.15) is 0 Å². The monoisotopic (exact) mass is 340 g/mol. The molecule has 0 aliphatic carbocycles. The SMILES string of the molecule is CN(C)C1CCN(CCNC(=O)[C@@H]2CCCN2)CC1.Cl.Cl. The molecule has 0 aromatic rings. The normalized spacial score (nSPS) is 23.5. The molecule has 2 rings (SSSR count). The van der Waals surface area contributed by atoms with Crippen molar-refractivity contribution in [2.75, 3.05) is 46.8 Å². The van der Waals surface area contributed by atoms with Crippen molar-refractivity contribution in [1.29, 1.82) is 0 Å². The second kappa shape index (κ2) is 10.6. The Balaban J connectivity index is 0.00000200. The number of hydrogen-bond donors (Lipinski definition) is 2. The molecular weight excluding hydrogens is 311 g/mol. The van der Waals surface area contributed by atoms with Crippen LogP contribution in [0.4, 0.5) is 0 Å². The molecule has 1 amide bonds. The van der Waals surface area contributed by atoms with E-state index < -0.39 is 0 Å². The van der Waals surface area contributed by atoms with E-state index in [0.29, 0.717) is 0 Å². The third-order valence-electron chi connectivity index (χ3n) is 4.39. The van der Waals surface area contributed by atoms with Crippen LogP contribution in [0.3, 0.4) is 0 Å². The number of rotatable bonds is 5. The summed E-state index contributed by atoms with van der Waals surface area (Å²) in [5.74, 6) is 0.181. The van der Waals surface area contributed by atoms with E-state index in [2.05, 4.69) is 34.5 Å². The molecule has 0 bridgehead atoms. The summed E-state index contributed by atoms with van der Waals surface area (Å²) in [6.45, 7) is 5.05. The number of halogens is 2. The Bertz CT molecular complexity index is 291. The quantitative estimate of drug-likeness (QED) is 0.774. The van der Waals surface area contributed by atoms with Gasteiger partial charge in [0.2, 0.25) is 5.91 Å². The van der Waals surface area contributed by atoms with Crippen LogP contribution in [-0.4, -0.2) is 74.6 Å². The van der Waals surface area contributed by atoms with Gasteiger partial charge in [-0.2, -0.15) is 0 Å². The molecule has 2 N–H and O–H groups in total. The van der Waals surface area contributed by atoms with Gasteiger partial charge in [0.25, 0.3) is 0 Å². The van der Waals surface area contributed by atoms with Crippen LogP contribution in [0.25, 0.3) is 0 Å². The van der Waals surface area contributed by atoms with Crippen LogP contribution in [0.15, 0.2) is 0 Å². The van der Waals surface area contributed by atoms with Crippen molar-refractivity contribution in [3.8, 4) is 0 Å². The van der Waals surface area contributed by atoms with E-state index in [-0.39, 0.29) is 36.8 Å². The lowest BCUT2D eigenvalue weighted by Crippen LogP contribution is -2.46. The first-order valence-electron chi connectivity index (χ1n) is 7.56. The molecule has 1 atom stereocenters. The largest absolute Gasteiger partial charge is 0.353 e. The summed E-state index contributed by atoms with van der Waals surface area (Å²) in [5.41, 5.74) is 0. The maximum atomic E-state index is 11.8. The third kappa shape index (κ3) is 6.70. The molecule has 2 aliphatic heterocycles. The predicted octanol–water partition coefficient (Wildman–Crippen LogP) is 0.724. The van der Waals surface area contributed by atoms with E-state index in [0.717, 1.165) is 51.6 Å². The van der Waals surface area contributed by atoms with Gasteiger partial charge < -0.3 is 20.4 Å². The molecule has 7 heteroatoms. The Morgan fingerprint density at radius 3 is 2.43 bits per heavy atom. The molecular formula is C14H30Cl2N4O. The van der Waals surface area contributed by atoms with Gasteiger partial charge in [0, 0.05) is 19.1 Å². The van der Waals surface area contributed by atoms with E-state index >= 15 is 0 Å². The lowest BCUT2D eigenvalue weighted by Gasteiger charge is -2.35. The average Bonchev–Trinajstić information content (AvgIpc) is 2.93. The minimum Gasteiger partial charge on any atom is -0.353 e. The maximum absolute atomic E-state index is 11.8. The van der Waals surface area contributed by atoms with Gasteiger partial charge in [-0.3, -0.25) is 4.79 Å². The molecule has 0 unspecified atom stereocenters. The van der Waals surface area contributed by atoms with Crippen molar-refractivity contribution in [2.24, 2.45) is 0 Å². The van der Waals surface area contributed by atoms with E-state index in [4.69, 9.17) is 0 Å². The summed E-state index contributed by atoms with van der Waals surface area (Å²) in [4.78, 5) is 16.6. The Hall–Kier alpha value is -0.0700. The average molecular weight is 341 g/mol. The molecule has 0 aromatic heterocycles. The van der Waals surface area contributed by atoms with Crippen molar-refractivity contribution in [3.63, 3.8) is 0 Å². The van der Waals surface area contributed by atoms with Crippen molar-refractivity contribution >= 4 is 30.7 Å². The lowest BCUT2D eigenvalue weighted by molar-refractivity contribution is -0.122.